The fourth-order valence-electron chi connectivity index (χ4n) is 13.0. The molecule has 2 heteroatoms. The number of benzene rings is 12. The van der Waals surface area contributed by atoms with Crippen LogP contribution in [0.15, 0.2) is 217 Å². The lowest BCUT2D eigenvalue weighted by molar-refractivity contribution is 0.620. The molecule has 2 nitrogen and oxygen atoms in total. The molecule has 3 aliphatic rings. The van der Waals surface area contributed by atoms with Crippen LogP contribution in [-0.2, 0) is 5.41 Å². The van der Waals surface area contributed by atoms with E-state index in [0.29, 0.717) is 5.89 Å². The molecular weight excluding hydrogens is 847 g/mol. The van der Waals surface area contributed by atoms with Gasteiger partial charge in [-0.3, -0.25) is 0 Å². The lowest BCUT2D eigenvalue weighted by Gasteiger charge is -2.25. The zero-order valence-electron chi connectivity index (χ0n) is 38.6. The Morgan fingerprint density at radius 1 is 0.314 bits per heavy atom. The number of hydrogen-bond donors (Lipinski definition) is 0. The fraction of sp³-hybridized carbons (Fsp3) is 0.0441. The molecule has 3 aliphatic carbocycles. The van der Waals surface area contributed by atoms with Gasteiger partial charge >= 0.3 is 0 Å². The number of rotatable bonds is 4. The second-order valence-corrected chi connectivity index (χ2v) is 20.1. The molecular formula is C68H41NO. The zero-order chi connectivity index (χ0) is 46.0. The van der Waals surface area contributed by atoms with Crippen molar-refractivity contribution in [3.8, 4) is 100 Å². The smallest absolute Gasteiger partial charge is 0.227 e. The fourth-order valence-corrected chi connectivity index (χ4v) is 13.0. The van der Waals surface area contributed by atoms with Crippen molar-refractivity contribution in [3.05, 3.63) is 223 Å². The Labute approximate surface area is 404 Å². The van der Waals surface area contributed by atoms with E-state index in [0.717, 1.165) is 16.7 Å². The molecule has 0 saturated carbocycles. The van der Waals surface area contributed by atoms with E-state index >= 15 is 0 Å². The molecule has 0 radical (unpaired) electrons. The van der Waals surface area contributed by atoms with Crippen molar-refractivity contribution in [1.82, 2.24) is 4.98 Å². The highest BCUT2D eigenvalue weighted by molar-refractivity contribution is 6.29. The number of oxazole rings is 1. The van der Waals surface area contributed by atoms with Crippen molar-refractivity contribution in [2.45, 2.75) is 19.3 Å². The maximum atomic E-state index is 6.14. The van der Waals surface area contributed by atoms with Gasteiger partial charge in [-0.2, -0.15) is 0 Å². The minimum Gasteiger partial charge on any atom is -0.436 e. The minimum atomic E-state index is -0.270. The van der Waals surface area contributed by atoms with Crippen molar-refractivity contribution in [3.63, 3.8) is 0 Å². The molecule has 12 aromatic carbocycles. The molecule has 0 unspecified atom stereocenters. The third-order valence-electron chi connectivity index (χ3n) is 16.2. The number of hydrogen-bond acceptors (Lipinski definition) is 2. The molecule has 13 aromatic rings. The van der Waals surface area contributed by atoms with Gasteiger partial charge in [0.2, 0.25) is 5.89 Å². The molecule has 1 heterocycles. The summed E-state index contributed by atoms with van der Waals surface area (Å²) < 4.78 is 6.14. The Hall–Kier alpha value is -8.85. The Bertz CT molecular complexity index is 4400. The first-order chi connectivity index (χ1) is 34.5. The van der Waals surface area contributed by atoms with Gasteiger partial charge in [-0.25, -0.2) is 4.98 Å². The predicted molar refractivity (Wildman–Crippen MR) is 292 cm³/mol. The van der Waals surface area contributed by atoms with E-state index in [4.69, 9.17) is 9.40 Å². The minimum absolute atomic E-state index is 0.270. The third-order valence-corrected chi connectivity index (χ3v) is 16.2. The third kappa shape index (κ3) is 4.99. The SMILES string of the molecule is CC1(C)c2cc(-c3ccc(-c4nc5ccccc5o4)cc3)ccc2-c2cc3c(-c4ccc5c6c(cccc46)-c4ccccc4-5)c4ccccc4c(-c4ccc5c6c(cccc46)-c4ccccc4-5)c3cc21. The highest BCUT2D eigenvalue weighted by Gasteiger charge is 2.37. The van der Waals surface area contributed by atoms with E-state index in [9.17, 15) is 0 Å². The van der Waals surface area contributed by atoms with E-state index < -0.39 is 0 Å². The summed E-state index contributed by atoms with van der Waals surface area (Å²) in [5.74, 6) is 0.640. The molecule has 0 aliphatic heterocycles. The second kappa shape index (κ2) is 13.7. The number of aromatic nitrogens is 1. The van der Waals surface area contributed by atoms with Crippen molar-refractivity contribution in [1.29, 1.82) is 0 Å². The van der Waals surface area contributed by atoms with Gasteiger partial charge in [-0.1, -0.05) is 184 Å². The van der Waals surface area contributed by atoms with E-state index in [1.165, 1.54) is 143 Å². The average Bonchev–Trinajstić information content (AvgIpc) is 4.15. The topological polar surface area (TPSA) is 26.0 Å². The number of nitrogens with zero attached hydrogens (tertiary/aromatic N) is 1. The van der Waals surface area contributed by atoms with Crippen LogP contribution in [0.4, 0.5) is 0 Å². The highest BCUT2D eigenvalue weighted by atomic mass is 16.3. The van der Waals surface area contributed by atoms with Crippen LogP contribution in [-0.4, -0.2) is 4.98 Å². The lowest BCUT2D eigenvalue weighted by atomic mass is 9.78. The van der Waals surface area contributed by atoms with Gasteiger partial charge < -0.3 is 4.42 Å². The summed E-state index contributed by atoms with van der Waals surface area (Å²) in [5, 5.41) is 10.4. The van der Waals surface area contributed by atoms with E-state index in [1.54, 1.807) is 0 Å². The summed E-state index contributed by atoms with van der Waals surface area (Å²) in [6.07, 6.45) is 0. The molecule has 0 fully saturated rings. The molecule has 0 N–H and O–H groups in total. The van der Waals surface area contributed by atoms with Gasteiger partial charge in [0.25, 0.3) is 0 Å². The average molecular weight is 888 g/mol. The molecule has 0 spiro atoms. The second-order valence-electron chi connectivity index (χ2n) is 20.1. The standard InChI is InChI=1S/C68H41NO/c1-68(2)59-35-40(38-25-27-39(28-26-38)67-69-61-23-9-10-24-62(61)70-67)29-30-45(59)56-36-57-58(37-60(56)68)66(55-34-32-53-44-16-6-4-14-42(44)47-20-12-22-51(55)64(47)53)49-18-8-7-17-48(49)65(57)54-33-31-52-43-15-5-3-13-41(43)46-19-11-21-50(54)63(46)52/h3-37H,1-2H3. The first kappa shape index (κ1) is 38.2. The van der Waals surface area contributed by atoms with Gasteiger partial charge in [-0.15, -0.1) is 0 Å². The van der Waals surface area contributed by atoms with Gasteiger partial charge in [0.15, 0.2) is 5.58 Å². The largest absolute Gasteiger partial charge is 0.436 e. The summed E-state index contributed by atoms with van der Waals surface area (Å²) in [5.41, 5.74) is 25.7. The Balaban J connectivity index is 0.950. The Kier molecular flexibility index (Phi) is 7.44. The van der Waals surface area contributed by atoms with Crippen molar-refractivity contribution < 1.29 is 4.42 Å². The molecule has 0 bridgehead atoms. The van der Waals surface area contributed by atoms with Crippen LogP contribution < -0.4 is 0 Å². The first-order valence-corrected chi connectivity index (χ1v) is 24.4. The number of para-hydroxylation sites is 2. The molecule has 0 saturated heterocycles. The van der Waals surface area contributed by atoms with Crippen LogP contribution in [0.3, 0.4) is 0 Å². The normalized spacial score (nSPS) is 13.4. The summed E-state index contributed by atoms with van der Waals surface area (Å²) in [4.78, 5) is 4.77. The van der Waals surface area contributed by atoms with Crippen LogP contribution >= 0.6 is 0 Å². The van der Waals surface area contributed by atoms with Gasteiger partial charge in [-0.05, 0) is 186 Å². The summed E-state index contributed by atoms with van der Waals surface area (Å²) in [6.45, 7) is 4.84. The lowest BCUT2D eigenvalue weighted by Crippen LogP contribution is -2.15. The zero-order valence-corrected chi connectivity index (χ0v) is 38.6. The highest BCUT2D eigenvalue weighted by Crippen LogP contribution is 2.57. The Morgan fingerprint density at radius 3 is 1.36 bits per heavy atom. The molecule has 0 amide bonds. The predicted octanol–water partition coefficient (Wildman–Crippen LogP) is 18.7. The molecule has 1 aromatic heterocycles. The monoisotopic (exact) mass is 887 g/mol. The van der Waals surface area contributed by atoms with Crippen LogP contribution in [0, 0.1) is 0 Å². The quantitative estimate of drug-likeness (QED) is 0.165. The van der Waals surface area contributed by atoms with Crippen LogP contribution in [0.1, 0.15) is 25.0 Å². The van der Waals surface area contributed by atoms with Crippen LogP contribution in [0.25, 0.3) is 155 Å². The van der Waals surface area contributed by atoms with Gasteiger partial charge in [0.05, 0.1) is 0 Å². The van der Waals surface area contributed by atoms with E-state index in [-0.39, 0.29) is 5.41 Å². The summed E-state index contributed by atoms with van der Waals surface area (Å²) >= 11 is 0. The van der Waals surface area contributed by atoms with Crippen molar-refractivity contribution >= 4 is 54.2 Å². The molecule has 324 valence electrons. The molecule has 16 rings (SSSR count). The first-order valence-electron chi connectivity index (χ1n) is 24.4. The van der Waals surface area contributed by atoms with E-state index in [1.807, 2.05) is 24.3 Å². The molecule has 0 atom stereocenters. The van der Waals surface area contributed by atoms with Crippen molar-refractivity contribution in [2.24, 2.45) is 0 Å². The van der Waals surface area contributed by atoms with E-state index in [2.05, 4.69) is 202 Å². The van der Waals surface area contributed by atoms with Gasteiger partial charge in [0, 0.05) is 11.0 Å². The maximum absolute atomic E-state index is 6.14. The van der Waals surface area contributed by atoms with Gasteiger partial charge in [0.1, 0.15) is 5.52 Å². The van der Waals surface area contributed by atoms with Crippen LogP contribution in [0.2, 0.25) is 0 Å². The summed E-state index contributed by atoms with van der Waals surface area (Å²) in [7, 11) is 0. The molecule has 70 heavy (non-hydrogen) atoms. The maximum Gasteiger partial charge on any atom is 0.227 e. The van der Waals surface area contributed by atoms with Crippen LogP contribution in [0.5, 0.6) is 0 Å². The number of fused-ring (bicyclic) bond motifs is 12. The van der Waals surface area contributed by atoms with Crippen molar-refractivity contribution in [2.75, 3.05) is 0 Å². The summed E-state index contributed by atoms with van der Waals surface area (Å²) in [6, 6.07) is 79.3. The Morgan fingerprint density at radius 2 is 0.757 bits per heavy atom.